The lowest BCUT2D eigenvalue weighted by atomic mass is 9.86. The highest BCUT2D eigenvalue weighted by Gasteiger charge is 2.43. The maximum Gasteiger partial charge on any atom is 0.338 e. The predicted molar refractivity (Wildman–Crippen MR) is 89.3 cm³/mol. The van der Waals surface area contributed by atoms with Crippen molar-refractivity contribution in [2.45, 2.75) is 45.6 Å². The summed E-state index contributed by atoms with van der Waals surface area (Å²) in [6, 6.07) is 7.55. The van der Waals surface area contributed by atoms with Crippen molar-refractivity contribution in [2.24, 2.45) is 17.8 Å². The van der Waals surface area contributed by atoms with Gasteiger partial charge in [-0.25, -0.2) is 4.79 Å². The van der Waals surface area contributed by atoms with E-state index in [1.54, 1.807) is 0 Å². The van der Waals surface area contributed by atoms with Crippen molar-refractivity contribution in [3.8, 4) is 0 Å². The number of benzene rings is 1. The van der Waals surface area contributed by atoms with Crippen LogP contribution in [0.2, 0.25) is 0 Å². The predicted octanol–water partition coefficient (Wildman–Crippen LogP) is 4.14. The Labute approximate surface area is 137 Å². The minimum absolute atomic E-state index is 0.0256. The van der Waals surface area contributed by atoms with Crippen LogP contribution in [0.5, 0.6) is 0 Å². The zero-order valence-corrected chi connectivity index (χ0v) is 14.2. The number of rotatable bonds is 4. The quantitative estimate of drug-likeness (QED) is 0.620. The third kappa shape index (κ3) is 2.85. The number of ether oxygens (including phenoxy) is 1. The van der Waals surface area contributed by atoms with Crippen LogP contribution in [0, 0.1) is 17.8 Å². The fraction of sp³-hybridized carbons (Fsp3) is 0.500. The highest BCUT2D eigenvalue weighted by Crippen LogP contribution is 2.46. The second kappa shape index (κ2) is 5.63. The van der Waals surface area contributed by atoms with Crippen LogP contribution in [0.4, 0.5) is 0 Å². The molecule has 0 saturated heterocycles. The fourth-order valence-electron chi connectivity index (χ4n) is 3.26. The largest absolute Gasteiger partial charge is 0.456 e. The van der Waals surface area contributed by atoms with Crippen LogP contribution in [0.25, 0.3) is 0 Å². The van der Waals surface area contributed by atoms with Crippen molar-refractivity contribution < 1.29 is 14.3 Å². The number of fused-ring (bicyclic) bond motifs is 2. The average molecular weight is 312 g/mol. The second-order valence-electron chi connectivity index (χ2n) is 7.53. The highest BCUT2D eigenvalue weighted by molar-refractivity contribution is 5.93. The van der Waals surface area contributed by atoms with Crippen LogP contribution in [-0.2, 0) is 9.53 Å². The van der Waals surface area contributed by atoms with Gasteiger partial charge in [0.15, 0.2) is 0 Å². The van der Waals surface area contributed by atoms with E-state index in [-0.39, 0.29) is 29.6 Å². The van der Waals surface area contributed by atoms with Crippen molar-refractivity contribution in [1.29, 1.82) is 0 Å². The summed E-state index contributed by atoms with van der Waals surface area (Å²) >= 11 is 0. The summed E-state index contributed by atoms with van der Waals surface area (Å²) in [4.78, 5) is 24.3. The summed E-state index contributed by atoms with van der Waals surface area (Å²) < 4.78 is 5.61. The van der Waals surface area contributed by atoms with Gasteiger partial charge in [-0.2, -0.15) is 0 Å². The normalized spacial score (nSPS) is 26.1. The molecule has 3 heteroatoms. The van der Waals surface area contributed by atoms with Gasteiger partial charge in [-0.05, 0) is 49.8 Å². The molecule has 122 valence electrons. The number of ketones is 1. The molecule has 3 nitrogen and oxygen atoms in total. The minimum atomic E-state index is -0.489. The Morgan fingerprint density at radius 3 is 2.30 bits per heavy atom. The van der Waals surface area contributed by atoms with E-state index in [2.05, 4.69) is 0 Å². The second-order valence-corrected chi connectivity index (χ2v) is 7.53. The number of hydrogen-bond acceptors (Lipinski definition) is 3. The van der Waals surface area contributed by atoms with Crippen LogP contribution in [0.3, 0.4) is 0 Å². The lowest BCUT2D eigenvalue weighted by molar-refractivity contribution is -0.120. The minimum Gasteiger partial charge on any atom is -0.456 e. The van der Waals surface area contributed by atoms with Gasteiger partial charge in [0.2, 0.25) is 0 Å². The zero-order valence-electron chi connectivity index (χ0n) is 14.2. The molecule has 2 aliphatic carbocycles. The summed E-state index contributed by atoms with van der Waals surface area (Å²) in [5.41, 5.74) is 1.21. The zero-order chi connectivity index (χ0) is 16.8. The molecule has 1 aromatic carbocycles. The maximum atomic E-state index is 12.3. The van der Waals surface area contributed by atoms with E-state index >= 15 is 0 Å². The van der Waals surface area contributed by atoms with Gasteiger partial charge in [-0.15, -0.1) is 0 Å². The molecule has 0 heterocycles. The van der Waals surface area contributed by atoms with E-state index in [0.717, 1.165) is 12.0 Å². The van der Waals surface area contributed by atoms with Gasteiger partial charge in [0.1, 0.15) is 11.4 Å². The highest BCUT2D eigenvalue weighted by atomic mass is 16.6. The van der Waals surface area contributed by atoms with E-state index < -0.39 is 5.60 Å². The van der Waals surface area contributed by atoms with Crippen molar-refractivity contribution in [2.75, 3.05) is 0 Å². The first-order chi connectivity index (χ1) is 10.8. The third-order valence-corrected chi connectivity index (χ3v) is 5.51. The van der Waals surface area contributed by atoms with Gasteiger partial charge >= 0.3 is 5.97 Å². The standard InChI is InChI=1S/C20H24O3/c1-12(2)20(3,4)23-19(22)14-7-5-13(6-8-14)17-11-15-9-10-16(17)18(15)21/h5-10,12,15-17H,11H2,1-4H3. The molecule has 3 atom stereocenters. The first-order valence-corrected chi connectivity index (χ1v) is 8.35. The van der Waals surface area contributed by atoms with Gasteiger partial charge in [0, 0.05) is 11.8 Å². The summed E-state index contributed by atoms with van der Waals surface area (Å²) in [6.45, 7) is 7.93. The number of allylic oxidation sites excluding steroid dienone is 2. The molecule has 3 rings (SSSR count). The topological polar surface area (TPSA) is 43.4 Å². The third-order valence-electron chi connectivity index (χ3n) is 5.51. The van der Waals surface area contributed by atoms with E-state index in [9.17, 15) is 9.59 Å². The molecule has 23 heavy (non-hydrogen) atoms. The lowest BCUT2D eigenvalue weighted by Crippen LogP contribution is -2.33. The molecule has 1 aromatic rings. The Balaban J connectivity index is 1.72. The number of esters is 1. The molecule has 0 aliphatic heterocycles. The van der Waals surface area contributed by atoms with Gasteiger partial charge in [0.05, 0.1) is 5.56 Å². The summed E-state index contributed by atoms with van der Waals surface area (Å²) in [5, 5.41) is 0. The molecule has 0 radical (unpaired) electrons. The first-order valence-electron chi connectivity index (χ1n) is 8.35. The van der Waals surface area contributed by atoms with E-state index in [1.807, 2.05) is 64.1 Å². The molecular formula is C20H24O3. The summed E-state index contributed by atoms with van der Waals surface area (Å²) in [5.74, 6) is 0.683. The van der Waals surface area contributed by atoms with Crippen LogP contribution in [-0.4, -0.2) is 17.4 Å². The Morgan fingerprint density at radius 2 is 1.83 bits per heavy atom. The molecule has 3 unspecified atom stereocenters. The number of carbonyl (C=O) groups is 2. The first kappa shape index (κ1) is 16.0. The molecule has 2 bridgehead atoms. The molecule has 0 amide bonds. The van der Waals surface area contributed by atoms with E-state index in [1.165, 1.54) is 0 Å². The van der Waals surface area contributed by atoms with Crippen LogP contribution in [0.15, 0.2) is 36.4 Å². The molecule has 2 aliphatic rings. The van der Waals surface area contributed by atoms with E-state index in [0.29, 0.717) is 11.3 Å². The van der Waals surface area contributed by atoms with Crippen LogP contribution in [0.1, 0.15) is 56.0 Å². The van der Waals surface area contributed by atoms with Gasteiger partial charge < -0.3 is 4.74 Å². The van der Waals surface area contributed by atoms with Crippen molar-refractivity contribution in [3.63, 3.8) is 0 Å². The lowest BCUT2D eigenvalue weighted by Gasteiger charge is -2.29. The Hall–Kier alpha value is -1.90. The van der Waals surface area contributed by atoms with Crippen molar-refractivity contribution in [1.82, 2.24) is 0 Å². The maximum absolute atomic E-state index is 12.3. The smallest absolute Gasteiger partial charge is 0.338 e. The number of hydrogen-bond donors (Lipinski definition) is 0. The number of carbonyl (C=O) groups excluding carboxylic acids is 2. The molecule has 0 spiro atoms. The van der Waals surface area contributed by atoms with Gasteiger partial charge in [-0.3, -0.25) is 4.79 Å². The van der Waals surface area contributed by atoms with Crippen molar-refractivity contribution >= 4 is 11.8 Å². The monoisotopic (exact) mass is 312 g/mol. The summed E-state index contributed by atoms with van der Waals surface area (Å²) in [7, 11) is 0. The van der Waals surface area contributed by atoms with Gasteiger partial charge in [-0.1, -0.05) is 38.1 Å². The molecular weight excluding hydrogens is 288 g/mol. The molecule has 0 aromatic heterocycles. The van der Waals surface area contributed by atoms with Crippen LogP contribution >= 0.6 is 0 Å². The Bertz CT molecular complexity index is 652. The molecule has 1 fully saturated rings. The number of Topliss-reactive ketones (excluding diaryl/α,β-unsaturated/α-hetero) is 1. The molecule has 1 saturated carbocycles. The average Bonchev–Trinajstić information content (AvgIpc) is 3.02. The van der Waals surface area contributed by atoms with Gasteiger partial charge in [0.25, 0.3) is 0 Å². The molecule has 0 N–H and O–H groups in total. The Kier molecular flexibility index (Phi) is 3.91. The van der Waals surface area contributed by atoms with E-state index in [4.69, 9.17) is 4.74 Å². The summed E-state index contributed by atoms with van der Waals surface area (Å²) in [6.07, 6.45) is 4.96. The SMILES string of the molecule is CC(C)C(C)(C)OC(=O)c1ccc(C2CC3C=CC2C3=O)cc1. The fourth-order valence-corrected chi connectivity index (χ4v) is 3.26. The van der Waals surface area contributed by atoms with Crippen LogP contribution < -0.4 is 0 Å². The van der Waals surface area contributed by atoms with Crippen molar-refractivity contribution in [3.05, 3.63) is 47.5 Å². The Morgan fingerprint density at radius 1 is 1.17 bits per heavy atom.